The maximum atomic E-state index is 12.2. The third kappa shape index (κ3) is 7.45. The lowest BCUT2D eigenvalue weighted by atomic mass is 10.1. The van der Waals surface area contributed by atoms with Crippen molar-refractivity contribution < 1.29 is 34.5 Å². The molecule has 0 radical (unpaired) electrons. The topological polar surface area (TPSA) is 191 Å². The molecule has 0 aliphatic rings. The van der Waals surface area contributed by atoms with Gasteiger partial charge in [0.15, 0.2) is 0 Å². The van der Waals surface area contributed by atoms with E-state index in [4.69, 9.17) is 10.8 Å². The largest absolute Gasteiger partial charge is 0.480 e. The Labute approximate surface area is 145 Å². The Morgan fingerprint density at radius 1 is 0.760 bits per heavy atom. The van der Waals surface area contributed by atoms with Crippen LogP contribution in [0.15, 0.2) is 0 Å². The molecule has 0 aliphatic carbocycles. The van der Waals surface area contributed by atoms with Crippen LogP contribution in [0.4, 0.5) is 0 Å². The maximum absolute atomic E-state index is 12.2. The van der Waals surface area contributed by atoms with E-state index in [0.29, 0.717) is 0 Å². The van der Waals surface area contributed by atoms with Crippen molar-refractivity contribution in [1.82, 2.24) is 16.0 Å². The van der Waals surface area contributed by atoms with Gasteiger partial charge in [0.1, 0.15) is 24.2 Å². The van der Waals surface area contributed by atoms with Crippen molar-refractivity contribution in [2.24, 2.45) is 5.73 Å². The van der Waals surface area contributed by atoms with Crippen LogP contribution in [0.5, 0.6) is 0 Å². The Bertz CT molecular complexity index is 509. The predicted octanol–water partition coefficient (Wildman–Crippen LogP) is -3.35. The number of aliphatic hydroxyl groups excluding tert-OH is 2. The van der Waals surface area contributed by atoms with Gasteiger partial charge in [0.25, 0.3) is 0 Å². The van der Waals surface area contributed by atoms with Gasteiger partial charge >= 0.3 is 5.97 Å². The second-order valence-electron chi connectivity index (χ2n) is 5.79. The minimum atomic E-state index is -1.41. The van der Waals surface area contributed by atoms with Gasteiger partial charge < -0.3 is 37.0 Å². The molecule has 144 valence electrons. The Balaban J connectivity index is 4.87. The molecule has 0 saturated carbocycles. The van der Waals surface area contributed by atoms with Crippen LogP contribution in [0.3, 0.4) is 0 Å². The number of aliphatic carboxylic acids is 1. The average molecular weight is 362 g/mol. The lowest BCUT2D eigenvalue weighted by Gasteiger charge is -2.25. The first kappa shape index (κ1) is 22.8. The smallest absolute Gasteiger partial charge is 0.325 e. The summed E-state index contributed by atoms with van der Waals surface area (Å²) in [7, 11) is 0. The van der Waals surface area contributed by atoms with Gasteiger partial charge in [-0.2, -0.15) is 0 Å². The van der Waals surface area contributed by atoms with E-state index in [-0.39, 0.29) is 0 Å². The summed E-state index contributed by atoms with van der Waals surface area (Å²) < 4.78 is 0. The highest BCUT2D eigenvalue weighted by molar-refractivity contribution is 5.94. The summed E-state index contributed by atoms with van der Waals surface area (Å²) >= 11 is 0. The van der Waals surface area contributed by atoms with E-state index in [1.54, 1.807) is 0 Å². The van der Waals surface area contributed by atoms with E-state index in [2.05, 4.69) is 16.0 Å². The van der Waals surface area contributed by atoms with Crippen LogP contribution in [-0.4, -0.2) is 75.4 Å². The normalized spacial score (nSPS) is 18.0. The predicted molar refractivity (Wildman–Crippen MR) is 86.1 cm³/mol. The van der Waals surface area contributed by atoms with Crippen molar-refractivity contribution in [3.8, 4) is 0 Å². The fraction of sp³-hybridized carbons (Fsp3) is 0.714. The molecule has 0 spiro atoms. The molecule has 8 N–H and O–H groups in total. The molecule has 0 heterocycles. The number of nitrogens with one attached hydrogen (secondary N) is 3. The summed E-state index contributed by atoms with van der Waals surface area (Å²) in [6, 6.07) is -4.98. The van der Waals surface area contributed by atoms with Crippen molar-refractivity contribution >= 4 is 23.7 Å². The molecule has 25 heavy (non-hydrogen) atoms. The van der Waals surface area contributed by atoms with E-state index in [9.17, 15) is 29.4 Å². The van der Waals surface area contributed by atoms with Gasteiger partial charge in [0, 0.05) is 0 Å². The van der Waals surface area contributed by atoms with Crippen LogP contribution < -0.4 is 21.7 Å². The van der Waals surface area contributed by atoms with Crippen molar-refractivity contribution in [1.29, 1.82) is 0 Å². The molecular weight excluding hydrogens is 336 g/mol. The first-order valence-electron chi connectivity index (χ1n) is 7.64. The number of hydrogen-bond donors (Lipinski definition) is 7. The van der Waals surface area contributed by atoms with Crippen LogP contribution in [0.25, 0.3) is 0 Å². The summed E-state index contributed by atoms with van der Waals surface area (Å²) in [5.41, 5.74) is 5.45. The summed E-state index contributed by atoms with van der Waals surface area (Å²) in [5.74, 6) is -3.72. The lowest BCUT2D eigenvalue weighted by Crippen LogP contribution is -2.60. The Hall–Kier alpha value is -2.24. The van der Waals surface area contributed by atoms with Crippen LogP contribution >= 0.6 is 0 Å². The fourth-order valence-electron chi connectivity index (χ4n) is 1.64. The second kappa shape index (κ2) is 9.91. The van der Waals surface area contributed by atoms with Crippen molar-refractivity contribution in [3.63, 3.8) is 0 Å². The Morgan fingerprint density at radius 2 is 1.24 bits per heavy atom. The summed E-state index contributed by atoms with van der Waals surface area (Å²) in [6.07, 6.45) is -2.47. The number of carboxylic acid groups (broad SMARTS) is 1. The molecule has 0 aliphatic heterocycles. The summed E-state index contributed by atoms with van der Waals surface area (Å²) in [6.45, 7) is 5.10. The zero-order chi connectivity index (χ0) is 19.9. The van der Waals surface area contributed by atoms with E-state index in [1.807, 2.05) is 0 Å². The molecule has 0 fully saturated rings. The molecule has 6 atom stereocenters. The van der Waals surface area contributed by atoms with Gasteiger partial charge in [-0.3, -0.25) is 19.2 Å². The fourth-order valence-corrected chi connectivity index (χ4v) is 1.64. The number of hydrogen-bond acceptors (Lipinski definition) is 7. The van der Waals surface area contributed by atoms with Gasteiger partial charge in [-0.25, -0.2) is 0 Å². The highest BCUT2D eigenvalue weighted by Crippen LogP contribution is 1.98. The van der Waals surface area contributed by atoms with E-state index in [0.717, 1.165) is 0 Å². The standard InChI is InChI=1S/C14H26N4O7/c1-5(11(21)17-6(2)14(24)25)16-13(23)10(8(4)20)18-12(22)9(15)7(3)19/h5-10,19-20H,15H2,1-4H3,(H,16,23)(H,17,21)(H,18,22)(H,24,25)/t5-,6-,7+,8+,9-,10-/m0/s1. The SMILES string of the molecule is C[C@H](NC(=O)[C@H](C)NC(=O)[C@@H](NC(=O)[C@@H](N)[C@@H](C)O)[C@@H](C)O)C(=O)O. The summed E-state index contributed by atoms with van der Waals surface area (Å²) in [4.78, 5) is 46.5. The number of carbonyl (C=O) groups excluding carboxylic acids is 3. The first-order valence-corrected chi connectivity index (χ1v) is 7.64. The lowest BCUT2D eigenvalue weighted by molar-refractivity contribution is -0.141. The van der Waals surface area contributed by atoms with Gasteiger partial charge in [0.2, 0.25) is 17.7 Å². The minimum absolute atomic E-state index is 0.750. The highest BCUT2D eigenvalue weighted by Gasteiger charge is 2.31. The summed E-state index contributed by atoms with van der Waals surface area (Å²) in [5, 5.41) is 34.3. The van der Waals surface area contributed by atoms with Crippen LogP contribution in [-0.2, 0) is 19.2 Å². The van der Waals surface area contributed by atoms with Crippen LogP contribution in [0.2, 0.25) is 0 Å². The molecule has 0 aromatic heterocycles. The monoisotopic (exact) mass is 362 g/mol. The zero-order valence-electron chi connectivity index (χ0n) is 14.5. The highest BCUT2D eigenvalue weighted by atomic mass is 16.4. The Kier molecular flexibility index (Phi) is 9.02. The van der Waals surface area contributed by atoms with Crippen molar-refractivity contribution in [2.45, 2.75) is 64.1 Å². The third-order valence-corrected chi connectivity index (χ3v) is 3.37. The Morgan fingerprint density at radius 3 is 1.64 bits per heavy atom. The van der Waals surface area contributed by atoms with E-state index < -0.39 is 60.1 Å². The minimum Gasteiger partial charge on any atom is -0.480 e. The number of aliphatic hydroxyl groups is 2. The third-order valence-electron chi connectivity index (χ3n) is 3.37. The van der Waals surface area contributed by atoms with Crippen LogP contribution in [0, 0.1) is 0 Å². The molecule has 11 heteroatoms. The molecule has 3 amide bonds. The quantitative estimate of drug-likeness (QED) is 0.221. The maximum Gasteiger partial charge on any atom is 0.325 e. The molecule has 0 unspecified atom stereocenters. The van der Waals surface area contributed by atoms with Gasteiger partial charge in [-0.15, -0.1) is 0 Å². The molecule has 11 nitrogen and oxygen atoms in total. The van der Waals surface area contributed by atoms with Gasteiger partial charge in [0.05, 0.1) is 12.2 Å². The molecule has 0 aromatic rings. The first-order chi connectivity index (χ1) is 11.4. The van der Waals surface area contributed by atoms with Crippen LogP contribution in [0.1, 0.15) is 27.7 Å². The molecular formula is C14H26N4O7. The molecule has 0 saturated heterocycles. The zero-order valence-corrected chi connectivity index (χ0v) is 14.5. The van der Waals surface area contributed by atoms with E-state index in [1.165, 1.54) is 27.7 Å². The van der Waals surface area contributed by atoms with Crippen molar-refractivity contribution in [2.75, 3.05) is 0 Å². The van der Waals surface area contributed by atoms with E-state index >= 15 is 0 Å². The second-order valence-corrected chi connectivity index (χ2v) is 5.79. The number of nitrogens with two attached hydrogens (primary N) is 1. The average Bonchev–Trinajstić information content (AvgIpc) is 2.50. The molecule has 0 rings (SSSR count). The number of rotatable bonds is 9. The van der Waals surface area contributed by atoms with Crippen molar-refractivity contribution in [3.05, 3.63) is 0 Å². The van der Waals surface area contributed by atoms with Gasteiger partial charge in [-0.05, 0) is 27.7 Å². The molecule has 0 bridgehead atoms. The van der Waals surface area contributed by atoms with Gasteiger partial charge in [-0.1, -0.05) is 0 Å². The number of amides is 3. The number of carboxylic acids is 1. The number of carbonyl (C=O) groups is 4. The molecule has 0 aromatic carbocycles.